The third-order valence-electron chi connectivity index (χ3n) is 2.51. The van der Waals surface area contributed by atoms with Crippen LogP contribution in [0.1, 0.15) is 25.7 Å². The normalized spacial score (nSPS) is 15.1. The predicted molar refractivity (Wildman–Crippen MR) is 62.1 cm³/mol. The van der Waals surface area contributed by atoms with Crippen LogP contribution in [0.3, 0.4) is 0 Å². The fourth-order valence-electron chi connectivity index (χ4n) is 1.75. The number of allylic oxidation sites excluding steroid dienone is 1. The van der Waals surface area contributed by atoms with Gasteiger partial charge in [-0.15, -0.1) is 0 Å². The summed E-state index contributed by atoms with van der Waals surface area (Å²) in [5.41, 5.74) is 1.56. The Morgan fingerprint density at radius 3 is 3.13 bits per heavy atom. The molecule has 0 aliphatic heterocycles. The van der Waals surface area contributed by atoms with Crippen molar-refractivity contribution in [2.24, 2.45) is 0 Å². The SMILES string of the molecule is Clc1nccc(NCCC2=CCCC2)n1. The molecule has 15 heavy (non-hydrogen) atoms. The summed E-state index contributed by atoms with van der Waals surface area (Å²) < 4.78 is 0. The van der Waals surface area contributed by atoms with Crippen molar-refractivity contribution >= 4 is 17.4 Å². The minimum absolute atomic E-state index is 0.292. The Morgan fingerprint density at radius 2 is 2.40 bits per heavy atom. The molecule has 4 heteroatoms. The largest absolute Gasteiger partial charge is 0.370 e. The summed E-state index contributed by atoms with van der Waals surface area (Å²) in [4.78, 5) is 7.89. The molecule has 2 rings (SSSR count). The molecule has 0 atom stereocenters. The molecule has 0 bridgehead atoms. The number of hydrogen-bond acceptors (Lipinski definition) is 3. The molecule has 3 nitrogen and oxygen atoms in total. The number of halogens is 1. The highest BCUT2D eigenvalue weighted by Gasteiger charge is 2.03. The van der Waals surface area contributed by atoms with Crippen LogP contribution in [0.25, 0.3) is 0 Å². The summed E-state index contributed by atoms with van der Waals surface area (Å²) >= 11 is 5.68. The second-order valence-corrected chi connectivity index (χ2v) is 3.98. The van der Waals surface area contributed by atoms with E-state index in [1.165, 1.54) is 19.3 Å². The van der Waals surface area contributed by atoms with E-state index in [0.29, 0.717) is 5.28 Å². The van der Waals surface area contributed by atoms with Crippen molar-refractivity contribution in [2.45, 2.75) is 25.7 Å². The number of nitrogens with zero attached hydrogens (tertiary/aromatic N) is 2. The van der Waals surface area contributed by atoms with E-state index >= 15 is 0 Å². The van der Waals surface area contributed by atoms with Gasteiger partial charge in [0.1, 0.15) is 5.82 Å². The third kappa shape index (κ3) is 3.20. The molecular weight excluding hydrogens is 210 g/mol. The fraction of sp³-hybridized carbons (Fsp3) is 0.455. The van der Waals surface area contributed by atoms with Crippen molar-refractivity contribution in [3.05, 3.63) is 29.2 Å². The highest BCUT2D eigenvalue weighted by Crippen LogP contribution is 2.20. The van der Waals surface area contributed by atoms with Gasteiger partial charge >= 0.3 is 0 Å². The van der Waals surface area contributed by atoms with Gasteiger partial charge in [0, 0.05) is 12.7 Å². The lowest BCUT2D eigenvalue weighted by molar-refractivity contribution is 0.861. The third-order valence-corrected chi connectivity index (χ3v) is 2.70. The topological polar surface area (TPSA) is 37.8 Å². The van der Waals surface area contributed by atoms with Crippen molar-refractivity contribution in [3.63, 3.8) is 0 Å². The first-order valence-corrected chi connectivity index (χ1v) is 5.63. The predicted octanol–water partition coefficient (Wildman–Crippen LogP) is 3.04. The van der Waals surface area contributed by atoms with Gasteiger partial charge < -0.3 is 5.32 Å². The monoisotopic (exact) mass is 223 g/mol. The molecule has 0 saturated carbocycles. The van der Waals surface area contributed by atoms with Crippen molar-refractivity contribution in [1.29, 1.82) is 0 Å². The second kappa shape index (κ2) is 5.12. The molecule has 1 aromatic rings. The van der Waals surface area contributed by atoms with Gasteiger partial charge in [0.25, 0.3) is 0 Å². The lowest BCUT2D eigenvalue weighted by Crippen LogP contribution is -2.04. The van der Waals surface area contributed by atoms with Gasteiger partial charge in [-0.05, 0) is 43.4 Å². The van der Waals surface area contributed by atoms with Gasteiger partial charge in [0.15, 0.2) is 0 Å². The maximum atomic E-state index is 5.68. The van der Waals surface area contributed by atoms with E-state index in [-0.39, 0.29) is 0 Å². The molecule has 0 amide bonds. The van der Waals surface area contributed by atoms with Crippen molar-refractivity contribution in [1.82, 2.24) is 9.97 Å². The van der Waals surface area contributed by atoms with Crippen LogP contribution >= 0.6 is 11.6 Å². The molecule has 1 aliphatic carbocycles. The Morgan fingerprint density at radius 1 is 1.47 bits per heavy atom. The molecule has 0 spiro atoms. The summed E-state index contributed by atoms with van der Waals surface area (Å²) in [5, 5.41) is 3.53. The second-order valence-electron chi connectivity index (χ2n) is 3.64. The number of hydrogen-bond donors (Lipinski definition) is 1. The zero-order chi connectivity index (χ0) is 10.5. The molecule has 80 valence electrons. The molecular formula is C11H14ClN3. The van der Waals surface area contributed by atoms with Crippen molar-refractivity contribution < 1.29 is 0 Å². The smallest absolute Gasteiger partial charge is 0.224 e. The molecule has 0 saturated heterocycles. The van der Waals surface area contributed by atoms with E-state index in [1.807, 2.05) is 6.07 Å². The molecule has 1 heterocycles. The van der Waals surface area contributed by atoms with Gasteiger partial charge in [-0.1, -0.05) is 11.6 Å². The average molecular weight is 224 g/mol. The Balaban J connectivity index is 1.78. The van der Waals surface area contributed by atoms with E-state index in [2.05, 4.69) is 21.4 Å². The van der Waals surface area contributed by atoms with E-state index in [4.69, 9.17) is 11.6 Å². The first-order valence-electron chi connectivity index (χ1n) is 5.25. The molecule has 0 fully saturated rings. The standard InChI is InChI=1S/C11H14ClN3/c12-11-14-8-6-10(15-11)13-7-5-9-3-1-2-4-9/h3,6,8H,1-2,4-5,7H2,(H,13,14,15). The summed E-state index contributed by atoms with van der Waals surface area (Å²) in [7, 11) is 0. The van der Waals surface area contributed by atoms with Crippen LogP contribution in [0.4, 0.5) is 5.82 Å². The lowest BCUT2D eigenvalue weighted by atomic mass is 10.2. The van der Waals surface area contributed by atoms with Crippen LogP contribution in [0, 0.1) is 0 Å². The maximum absolute atomic E-state index is 5.68. The lowest BCUT2D eigenvalue weighted by Gasteiger charge is -2.05. The fourth-order valence-corrected chi connectivity index (χ4v) is 1.90. The zero-order valence-corrected chi connectivity index (χ0v) is 9.30. The van der Waals surface area contributed by atoms with E-state index in [0.717, 1.165) is 18.8 Å². The van der Waals surface area contributed by atoms with Crippen molar-refractivity contribution in [2.75, 3.05) is 11.9 Å². The highest BCUT2D eigenvalue weighted by molar-refractivity contribution is 6.28. The summed E-state index contributed by atoms with van der Waals surface area (Å²) in [6.45, 7) is 0.916. The van der Waals surface area contributed by atoms with Crippen LogP contribution in [-0.4, -0.2) is 16.5 Å². The Labute approximate surface area is 94.6 Å². The first kappa shape index (κ1) is 10.4. The quantitative estimate of drug-likeness (QED) is 0.630. The Hall–Kier alpha value is -1.09. The molecule has 1 aliphatic rings. The molecule has 0 radical (unpaired) electrons. The minimum Gasteiger partial charge on any atom is -0.370 e. The van der Waals surface area contributed by atoms with Gasteiger partial charge in [-0.3, -0.25) is 0 Å². The number of anilines is 1. The van der Waals surface area contributed by atoms with Gasteiger partial charge in [-0.2, -0.15) is 0 Å². The van der Waals surface area contributed by atoms with Crippen LogP contribution in [0.5, 0.6) is 0 Å². The maximum Gasteiger partial charge on any atom is 0.224 e. The number of nitrogens with one attached hydrogen (secondary N) is 1. The summed E-state index contributed by atoms with van der Waals surface area (Å²) in [6, 6.07) is 1.83. The van der Waals surface area contributed by atoms with Crippen molar-refractivity contribution in [3.8, 4) is 0 Å². The Bertz CT molecular complexity index is 363. The highest BCUT2D eigenvalue weighted by atomic mass is 35.5. The van der Waals surface area contributed by atoms with Crippen LogP contribution < -0.4 is 5.32 Å². The van der Waals surface area contributed by atoms with Gasteiger partial charge in [-0.25, -0.2) is 9.97 Å². The van der Waals surface area contributed by atoms with Gasteiger partial charge in [0.05, 0.1) is 0 Å². The molecule has 0 unspecified atom stereocenters. The first-order chi connectivity index (χ1) is 7.34. The minimum atomic E-state index is 0.292. The van der Waals surface area contributed by atoms with E-state index in [1.54, 1.807) is 11.8 Å². The molecule has 0 aromatic carbocycles. The summed E-state index contributed by atoms with van der Waals surface area (Å²) in [6.07, 6.45) is 8.91. The Kier molecular flexibility index (Phi) is 3.56. The molecule has 1 aromatic heterocycles. The van der Waals surface area contributed by atoms with E-state index in [9.17, 15) is 0 Å². The van der Waals surface area contributed by atoms with E-state index < -0.39 is 0 Å². The summed E-state index contributed by atoms with van der Waals surface area (Å²) in [5.74, 6) is 0.800. The van der Waals surface area contributed by atoms with Crippen LogP contribution in [0.2, 0.25) is 5.28 Å². The van der Waals surface area contributed by atoms with Crippen LogP contribution in [-0.2, 0) is 0 Å². The average Bonchev–Trinajstić information content (AvgIpc) is 2.71. The molecule has 1 N–H and O–H groups in total. The number of rotatable bonds is 4. The van der Waals surface area contributed by atoms with Crippen LogP contribution in [0.15, 0.2) is 23.9 Å². The van der Waals surface area contributed by atoms with Gasteiger partial charge in [0.2, 0.25) is 5.28 Å². The number of aromatic nitrogens is 2. The zero-order valence-electron chi connectivity index (χ0n) is 8.54.